The van der Waals surface area contributed by atoms with Gasteiger partial charge >= 0.3 is 0 Å². The van der Waals surface area contributed by atoms with Crippen LogP contribution in [0, 0.1) is 5.92 Å². The molecule has 1 amide bonds. The summed E-state index contributed by atoms with van der Waals surface area (Å²) in [4.78, 5) is 12.6. The Kier molecular flexibility index (Phi) is 6.20. The van der Waals surface area contributed by atoms with Gasteiger partial charge in [0.2, 0.25) is 5.91 Å². The minimum atomic E-state index is 0.130. The second-order valence-electron chi connectivity index (χ2n) is 3.09. The maximum absolute atomic E-state index is 11.1. The number of aliphatic hydroxyl groups excluding tert-OH is 1. The summed E-state index contributed by atoms with van der Waals surface area (Å²) in [6.45, 7) is 2.16. The molecule has 0 rings (SSSR count). The maximum Gasteiger partial charge on any atom is 0.232 e. The van der Waals surface area contributed by atoms with Gasteiger partial charge in [0.1, 0.15) is 0 Å². The molecule has 0 aromatic carbocycles. The average molecular weight is 191 g/mol. The number of nitrogens with zero attached hydrogens (tertiary/aromatic N) is 1. The van der Waals surface area contributed by atoms with Crippen LogP contribution in [0.5, 0.6) is 0 Å². The lowest BCUT2D eigenvalue weighted by molar-refractivity contribution is -0.125. The van der Waals surface area contributed by atoms with E-state index in [0.717, 1.165) is 5.75 Å². The number of carbonyl (C=O) groups excluding carboxylic acids is 1. The summed E-state index contributed by atoms with van der Waals surface area (Å²) in [5.74, 6) is 1.77. The molecule has 0 aromatic rings. The Morgan fingerprint density at radius 3 is 2.58 bits per heavy atom. The quantitative estimate of drug-likeness (QED) is 0.685. The smallest absolute Gasteiger partial charge is 0.232 e. The van der Waals surface area contributed by atoms with Crippen molar-refractivity contribution in [2.75, 3.05) is 32.2 Å². The minimum Gasteiger partial charge on any atom is -0.396 e. The Labute approximate surface area is 78.1 Å². The molecule has 0 heterocycles. The van der Waals surface area contributed by atoms with Gasteiger partial charge in [-0.15, -0.1) is 0 Å². The molecule has 0 spiro atoms. The topological polar surface area (TPSA) is 40.5 Å². The van der Waals surface area contributed by atoms with E-state index < -0.39 is 0 Å². The van der Waals surface area contributed by atoms with Gasteiger partial charge in [-0.1, -0.05) is 6.92 Å². The maximum atomic E-state index is 11.1. The number of hydrogen-bond donors (Lipinski definition) is 1. The molecule has 12 heavy (non-hydrogen) atoms. The first-order valence-corrected chi connectivity index (χ1v) is 5.12. The van der Waals surface area contributed by atoms with Crippen LogP contribution in [0.1, 0.15) is 6.92 Å². The molecule has 0 aliphatic rings. The van der Waals surface area contributed by atoms with Crippen molar-refractivity contribution >= 4 is 17.7 Å². The van der Waals surface area contributed by atoms with Gasteiger partial charge in [0.25, 0.3) is 0 Å². The van der Waals surface area contributed by atoms with Crippen LogP contribution < -0.4 is 0 Å². The van der Waals surface area contributed by atoms with E-state index in [0.29, 0.717) is 5.75 Å². The van der Waals surface area contributed by atoms with Crippen molar-refractivity contribution < 1.29 is 9.90 Å². The van der Waals surface area contributed by atoms with Crippen molar-refractivity contribution in [3.63, 3.8) is 0 Å². The lowest BCUT2D eigenvalue weighted by Crippen LogP contribution is -2.24. The van der Waals surface area contributed by atoms with E-state index in [1.165, 1.54) is 0 Å². The van der Waals surface area contributed by atoms with Gasteiger partial charge in [-0.3, -0.25) is 4.79 Å². The molecule has 0 aromatic heterocycles. The number of rotatable bonds is 5. The zero-order valence-corrected chi connectivity index (χ0v) is 8.73. The van der Waals surface area contributed by atoms with Gasteiger partial charge in [0.15, 0.2) is 0 Å². The van der Waals surface area contributed by atoms with Gasteiger partial charge < -0.3 is 10.0 Å². The summed E-state index contributed by atoms with van der Waals surface area (Å²) in [6, 6.07) is 0. The first kappa shape index (κ1) is 11.8. The normalized spacial score (nSPS) is 12.7. The first-order valence-electron chi connectivity index (χ1n) is 3.96. The zero-order chi connectivity index (χ0) is 9.56. The summed E-state index contributed by atoms with van der Waals surface area (Å²) < 4.78 is 0. The Morgan fingerprint density at radius 2 is 2.17 bits per heavy atom. The molecule has 1 atom stereocenters. The van der Waals surface area contributed by atoms with E-state index in [4.69, 9.17) is 5.11 Å². The van der Waals surface area contributed by atoms with Crippen molar-refractivity contribution in [3.8, 4) is 0 Å². The summed E-state index contributed by atoms with van der Waals surface area (Å²) in [6.07, 6.45) is 0. The van der Waals surface area contributed by atoms with Crippen molar-refractivity contribution in [2.24, 2.45) is 5.92 Å². The van der Waals surface area contributed by atoms with E-state index in [9.17, 15) is 4.79 Å². The fourth-order valence-corrected chi connectivity index (χ4v) is 1.59. The molecule has 0 bridgehead atoms. The summed E-state index contributed by atoms with van der Waals surface area (Å²) in [5.41, 5.74) is 0. The fourth-order valence-electron chi connectivity index (χ4n) is 0.529. The molecule has 0 saturated carbocycles. The molecule has 0 saturated heterocycles. The summed E-state index contributed by atoms with van der Waals surface area (Å²) >= 11 is 1.57. The average Bonchev–Trinajstić information content (AvgIpc) is 2.03. The third-order valence-electron chi connectivity index (χ3n) is 1.44. The van der Waals surface area contributed by atoms with Crippen LogP contribution in [-0.4, -0.2) is 48.1 Å². The standard InChI is InChI=1S/C8H17NO2S/c1-7(4-10)5-12-6-8(11)9(2)3/h7,10H,4-6H2,1-3H3. The van der Waals surface area contributed by atoms with Crippen LogP contribution >= 0.6 is 11.8 Å². The predicted molar refractivity (Wildman–Crippen MR) is 52.3 cm³/mol. The van der Waals surface area contributed by atoms with E-state index >= 15 is 0 Å². The zero-order valence-electron chi connectivity index (χ0n) is 7.91. The van der Waals surface area contributed by atoms with Gasteiger partial charge in [0, 0.05) is 20.7 Å². The Bertz CT molecular complexity index is 139. The molecule has 1 N–H and O–H groups in total. The van der Waals surface area contributed by atoms with E-state index in [-0.39, 0.29) is 18.4 Å². The summed E-state index contributed by atoms with van der Waals surface area (Å²) in [7, 11) is 3.50. The van der Waals surface area contributed by atoms with Crippen LogP contribution in [-0.2, 0) is 4.79 Å². The van der Waals surface area contributed by atoms with Crippen LogP contribution in [0.15, 0.2) is 0 Å². The second kappa shape index (κ2) is 6.31. The highest BCUT2D eigenvalue weighted by atomic mass is 32.2. The predicted octanol–water partition coefficient (Wildman–Crippen LogP) is 0.436. The minimum absolute atomic E-state index is 0.130. The lowest BCUT2D eigenvalue weighted by atomic mass is 10.2. The van der Waals surface area contributed by atoms with Crippen LogP contribution in [0.3, 0.4) is 0 Å². The van der Waals surface area contributed by atoms with Crippen LogP contribution in [0.2, 0.25) is 0 Å². The number of hydrogen-bond acceptors (Lipinski definition) is 3. The molecule has 3 nitrogen and oxygen atoms in total. The van der Waals surface area contributed by atoms with E-state index in [2.05, 4.69) is 0 Å². The van der Waals surface area contributed by atoms with Crippen LogP contribution in [0.4, 0.5) is 0 Å². The van der Waals surface area contributed by atoms with Crippen molar-refractivity contribution in [3.05, 3.63) is 0 Å². The molecule has 0 fully saturated rings. The lowest BCUT2D eigenvalue weighted by Gasteiger charge is -2.11. The highest BCUT2D eigenvalue weighted by molar-refractivity contribution is 7.99. The summed E-state index contributed by atoms with van der Waals surface area (Å²) in [5, 5.41) is 8.70. The largest absolute Gasteiger partial charge is 0.396 e. The van der Waals surface area contributed by atoms with Gasteiger partial charge in [-0.05, 0) is 11.7 Å². The van der Waals surface area contributed by atoms with E-state index in [1.807, 2.05) is 6.92 Å². The number of carbonyl (C=O) groups is 1. The van der Waals surface area contributed by atoms with Crippen LogP contribution in [0.25, 0.3) is 0 Å². The molecule has 0 aliphatic heterocycles. The van der Waals surface area contributed by atoms with Crippen molar-refractivity contribution in [2.45, 2.75) is 6.92 Å². The Balaban J connectivity index is 3.37. The molecule has 0 aliphatic carbocycles. The molecule has 4 heteroatoms. The molecule has 72 valence electrons. The van der Waals surface area contributed by atoms with Gasteiger partial charge in [0.05, 0.1) is 5.75 Å². The molecule has 1 unspecified atom stereocenters. The second-order valence-corrected chi connectivity index (χ2v) is 4.12. The molecular weight excluding hydrogens is 174 g/mol. The molecular formula is C8H17NO2S. The third kappa shape index (κ3) is 5.43. The van der Waals surface area contributed by atoms with Gasteiger partial charge in [-0.25, -0.2) is 0 Å². The monoisotopic (exact) mass is 191 g/mol. The third-order valence-corrected chi connectivity index (χ3v) is 2.69. The van der Waals surface area contributed by atoms with Crippen molar-refractivity contribution in [1.29, 1.82) is 0 Å². The number of thioether (sulfide) groups is 1. The SMILES string of the molecule is CC(CO)CSCC(=O)N(C)C. The first-order chi connectivity index (χ1) is 5.57. The van der Waals surface area contributed by atoms with Crippen molar-refractivity contribution in [1.82, 2.24) is 4.90 Å². The Morgan fingerprint density at radius 1 is 1.58 bits per heavy atom. The highest BCUT2D eigenvalue weighted by Gasteiger charge is 2.05. The fraction of sp³-hybridized carbons (Fsp3) is 0.875. The Hall–Kier alpha value is -0.220. The highest BCUT2D eigenvalue weighted by Crippen LogP contribution is 2.07. The molecule has 0 radical (unpaired) electrons. The van der Waals surface area contributed by atoms with E-state index in [1.54, 1.807) is 30.8 Å². The van der Waals surface area contributed by atoms with Gasteiger partial charge in [-0.2, -0.15) is 11.8 Å². The number of aliphatic hydroxyl groups is 1. The number of amides is 1.